The number of nitrogens with zero attached hydrogens (tertiary/aromatic N) is 4. The van der Waals surface area contributed by atoms with E-state index < -0.39 is 23.5 Å². The fourth-order valence-electron chi connectivity index (χ4n) is 2.79. The molecule has 0 aliphatic heterocycles. The van der Waals surface area contributed by atoms with Crippen LogP contribution < -0.4 is 16.4 Å². The predicted octanol–water partition coefficient (Wildman–Crippen LogP) is 4.36. The van der Waals surface area contributed by atoms with Crippen molar-refractivity contribution in [2.45, 2.75) is 0 Å². The first-order valence-electron chi connectivity index (χ1n) is 9.21. The quantitative estimate of drug-likeness (QED) is 0.422. The molecule has 2 aromatic carbocycles. The maximum absolute atomic E-state index is 14.3. The second-order valence-electron chi connectivity index (χ2n) is 6.41. The summed E-state index contributed by atoms with van der Waals surface area (Å²) in [6, 6.07) is 5.06. The van der Waals surface area contributed by atoms with Crippen molar-refractivity contribution in [2.24, 2.45) is 7.05 Å². The SMILES string of the molecule is [2H]c1c(F)cc(-c2cnc(Nc3cnn(C)c3)nc2Nc2cc(N)ccc2F)cc1F. The van der Waals surface area contributed by atoms with Crippen molar-refractivity contribution < 1.29 is 14.5 Å². The standard InChI is InChI=1S/C20H16F3N7/c1-30-10-15(8-26-30)27-20-25-9-16(11-4-12(21)6-13(22)5-11)19(29-20)28-18-7-14(24)2-3-17(18)23/h2-10H,24H2,1H3,(H2,25,27,28,29)/i6D. The molecule has 0 fully saturated rings. The number of nitrogens with two attached hydrogens (primary N) is 1. The Morgan fingerprint density at radius 1 is 1.07 bits per heavy atom. The first-order chi connectivity index (χ1) is 14.8. The number of nitrogens with one attached hydrogen (secondary N) is 2. The largest absolute Gasteiger partial charge is 0.399 e. The summed E-state index contributed by atoms with van der Waals surface area (Å²) in [5.41, 5.74) is 6.94. The maximum atomic E-state index is 14.3. The van der Waals surface area contributed by atoms with Gasteiger partial charge in [0.05, 0.1) is 18.9 Å². The van der Waals surface area contributed by atoms with E-state index in [0.29, 0.717) is 11.4 Å². The zero-order valence-electron chi connectivity index (χ0n) is 16.6. The topological polar surface area (TPSA) is 93.7 Å². The van der Waals surface area contributed by atoms with Gasteiger partial charge in [0.25, 0.3) is 0 Å². The lowest BCUT2D eigenvalue weighted by atomic mass is 10.1. The van der Waals surface area contributed by atoms with Crippen LogP contribution in [0.25, 0.3) is 11.1 Å². The molecule has 4 aromatic rings. The molecule has 4 N–H and O–H groups in total. The molecule has 0 aliphatic rings. The maximum Gasteiger partial charge on any atom is 0.229 e. The Hall–Kier alpha value is -4.08. The zero-order valence-corrected chi connectivity index (χ0v) is 15.6. The third kappa shape index (κ3) is 4.17. The minimum absolute atomic E-state index is 0.0188. The third-order valence-electron chi connectivity index (χ3n) is 4.11. The molecule has 10 heteroatoms. The van der Waals surface area contributed by atoms with E-state index in [1.807, 2.05) is 0 Å². The van der Waals surface area contributed by atoms with Crippen LogP contribution >= 0.6 is 0 Å². The summed E-state index contributed by atoms with van der Waals surface area (Å²) in [7, 11) is 1.74. The lowest BCUT2D eigenvalue weighted by molar-refractivity contribution is 0.584. The first kappa shape index (κ1) is 18.0. The minimum atomic E-state index is -1.05. The molecule has 2 heterocycles. The van der Waals surface area contributed by atoms with Gasteiger partial charge in [-0.2, -0.15) is 10.1 Å². The average molecular weight is 412 g/mol. The number of aryl methyl sites for hydroxylation is 1. The van der Waals surface area contributed by atoms with Crippen molar-refractivity contribution in [3.05, 3.63) is 72.4 Å². The lowest BCUT2D eigenvalue weighted by Gasteiger charge is -2.14. The van der Waals surface area contributed by atoms with E-state index in [1.165, 1.54) is 24.4 Å². The van der Waals surface area contributed by atoms with Gasteiger partial charge in [-0.1, -0.05) is 0 Å². The second kappa shape index (κ2) is 7.74. The molecule has 152 valence electrons. The highest BCUT2D eigenvalue weighted by Crippen LogP contribution is 2.32. The molecule has 0 spiro atoms. The zero-order chi connectivity index (χ0) is 22.1. The van der Waals surface area contributed by atoms with Crippen LogP contribution in [0.4, 0.5) is 42.0 Å². The molecule has 0 radical (unpaired) electrons. The summed E-state index contributed by atoms with van der Waals surface area (Å²) in [4.78, 5) is 8.51. The molecular formula is C20H16F3N7. The van der Waals surface area contributed by atoms with Gasteiger partial charge < -0.3 is 16.4 Å². The van der Waals surface area contributed by atoms with E-state index in [4.69, 9.17) is 7.10 Å². The Balaban J connectivity index is 1.80. The normalized spacial score (nSPS) is 11.3. The van der Waals surface area contributed by atoms with Gasteiger partial charge in [0.15, 0.2) is 0 Å². The Kier molecular flexibility index (Phi) is 4.64. The van der Waals surface area contributed by atoms with Crippen molar-refractivity contribution in [1.29, 1.82) is 0 Å². The summed E-state index contributed by atoms with van der Waals surface area (Å²) in [5, 5.41) is 9.79. The van der Waals surface area contributed by atoms with Gasteiger partial charge in [0.2, 0.25) is 5.95 Å². The second-order valence-corrected chi connectivity index (χ2v) is 6.41. The van der Waals surface area contributed by atoms with Gasteiger partial charge in [-0.15, -0.1) is 0 Å². The molecule has 0 atom stereocenters. The molecule has 0 unspecified atom stereocenters. The van der Waals surface area contributed by atoms with Crippen molar-refractivity contribution >= 4 is 28.8 Å². The van der Waals surface area contributed by atoms with E-state index in [0.717, 1.165) is 12.1 Å². The summed E-state index contributed by atoms with van der Waals surface area (Å²) < 4.78 is 51.2. The molecule has 0 aliphatic carbocycles. The smallest absolute Gasteiger partial charge is 0.229 e. The van der Waals surface area contributed by atoms with Crippen LogP contribution in [0.15, 0.2) is 55.0 Å². The Bertz CT molecular complexity index is 1250. The lowest BCUT2D eigenvalue weighted by Crippen LogP contribution is -2.04. The van der Waals surface area contributed by atoms with E-state index in [1.54, 1.807) is 24.1 Å². The highest BCUT2D eigenvalue weighted by molar-refractivity contribution is 5.79. The Morgan fingerprint density at radius 3 is 2.53 bits per heavy atom. The van der Waals surface area contributed by atoms with Crippen molar-refractivity contribution in [1.82, 2.24) is 19.7 Å². The highest BCUT2D eigenvalue weighted by atomic mass is 19.1. The van der Waals surface area contributed by atoms with E-state index in [2.05, 4.69) is 25.7 Å². The molecule has 0 bridgehead atoms. The Labute approximate surface area is 170 Å². The van der Waals surface area contributed by atoms with Gasteiger partial charge in [-0.3, -0.25) is 4.68 Å². The number of hydrogen-bond acceptors (Lipinski definition) is 6. The molecule has 0 saturated carbocycles. The van der Waals surface area contributed by atoms with Gasteiger partial charge in [0.1, 0.15) is 23.3 Å². The average Bonchev–Trinajstić information content (AvgIpc) is 3.13. The van der Waals surface area contributed by atoms with E-state index in [9.17, 15) is 13.2 Å². The number of halogens is 3. The monoisotopic (exact) mass is 412 g/mol. The van der Waals surface area contributed by atoms with Crippen LogP contribution in [0, 0.1) is 17.5 Å². The Morgan fingerprint density at radius 2 is 1.83 bits per heavy atom. The van der Waals surface area contributed by atoms with Crippen LogP contribution in [-0.2, 0) is 7.05 Å². The highest BCUT2D eigenvalue weighted by Gasteiger charge is 2.14. The van der Waals surface area contributed by atoms with Crippen LogP contribution in [0.1, 0.15) is 1.37 Å². The first-order valence-corrected chi connectivity index (χ1v) is 8.71. The number of nitrogen functional groups attached to an aromatic ring is 1. The molecule has 2 aromatic heterocycles. The van der Waals surface area contributed by atoms with Gasteiger partial charge in [-0.25, -0.2) is 18.2 Å². The number of rotatable bonds is 5. The van der Waals surface area contributed by atoms with E-state index >= 15 is 0 Å². The van der Waals surface area contributed by atoms with Gasteiger partial charge in [0, 0.05) is 36.7 Å². The molecule has 0 saturated heterocycles. The number of anilines is 5. The molecular weight excluding hydrogens is 395 g/mol. The molecule has 0 amide bonds. The number of benzene rings is 2. The number of hydrogen-bond donors (Lipinski definition) is 3. The van der Waals surface area contributed by atoms with Crippen molar-refractivity contribution in [3.63, 3.8) is 0 Å². The minimum Gasteiger partial charge on any atom is -0.399 e. The van der Waals surface area contributed by atoms with Crippen LogP contribution in [0.2, 0.25) is 0 Å². The van der Waals surface area contributed by atoms with Gasteiger partial charge in [-0.05, 0) is 35.9 Å². The summed E-state index contributed by atoms with van der Waals surface area (Å²) in [6.45, 7) is 0. The summed E-state index contributed by atoms with van der Waals surface area (Å²) >= 11 is 0. The van der Waals surface area contributed by atoms with Crippen molar-refractivity contribution in [2.75, 3.05) is 16.4 Å². The fourth-order valence-corrected chi connectivity index (χ4v) is 2.79. The molecule has 7 nitrogen and oxygen atoms in total. The number of aromatic nitrogens is 4. The van der Waals surface area contributed by atoms with Gasteiger partial charge >= 0.3 is 0 Å². The fraction of sp³-hybridized carbons (Fsp3) is 0.0500. The van der Waals surface area contributed by atoms with E-state index in [-0.39, 0.29) is 28.6 Å². The predicted molar refractivity (Wildman–Crippen MR) is 108 cm³/mol. The third-order valence-corrected chi connectivity index (χ3v) is 4.11. The molecule has 30 heavy (non-hydrogen) atoms. The van der Waals surface area contributed by atoms with Crippen LogP contribution in [-0.4, -0.2) is 19.7 Å². The summed E-state index contributed by atoms with van der Waals surface area (Å²) in [6.07, 6.45) is 4.58. The van der Waals surface area contributed by atoms with Crippen molar-refractivity contribution in [3.8, 4) is 11.1 Å². The molecule has 4 rings (SSSR count). The van der Waals surface area contributed by atoms with Crippen LogP contribution in [0.3, 0.4) is 0 Å². The van der Waals surface area contributed by atoms with Crippen LogP contribution in [0.5, 0.6) is 0 Å². The summed E-state index contributed by atoms with van der Waals surface area (Å²) in [5.74, 6) is -2.48.